The Morgan fingerprint density at radius 1 is 1.11 bits per heavy atom. The molecule has 2 rings (SSSR count). The van der Waals surface area contributed by atoms with Crippen molar-refractivity contribution in [2.75, 3.05) is 26.2 Å². The fourth-order valence-electron chi connectivity index (χ4n) is 2.30. The fourth-order valence-corrected chi connectivity index (χ4v) is 2.30. The first-order valence-electron chi connectivity index (χ1n) is 6.37. The minimum atomic E-state index is 0. The Morgan fingerprint density at radius 3 is 2.33 bits per heavy atom. The quantitative estimate of drug-likeness (QED) is 0.895. The van der Waals surface area contributed by atoms with Crippen molar-refractivity contribution in [1.29, 1.82) is 0 Å². The number of hydrogen-bond donors (Lipinski definition) is 1. The summed E-state index contributed by atoms with van der Waals surface area (Å²) < 4.78 is 0. The van der Waals surface area contributed by atoms with E-state index in [0.717, 1.165) is 6.54 Å². The van der Waals surface area contributed by atoms with Gasteiger partial charge in [-0.05, 0) is 38.4 Å². The molecule has 1 heterocycles. The summed E-state index contributed by atoms with van der Waals surface area (Å²) in [6.07, 6.45) is 2.77. The van der Waals surface area contributed by atoms with Gasteiger partial charge in [0.2, 0.25) is 0 Å². The van der Waals surface area contributed by atoms with E-state index in [-0.39, 0.29) is 24.8 Å². The SMILES string of the molecule is CC(NCCN1CCCC1)c1ccccc1.Cl.Cl. The molecule has 4 heteroatoms. The molecule has 1 N–H and O–H groups in total. The minimum Gasteiger partial charge on any atom is -0.309 e. The normalized spacial score (nSPS) is 16.7. The largest absolute Gasteiger partial charge is 0.309 e. The van der Waals surface area contributed by atoms with Crippen molar-refractivity contribution < 1.29 is 0 Å². The highest BCUT2D eigenvalue weighted by molar-refractivity contribution is 5.85. The zero-order valence-electron chi connectivity index (χ0n) is 11.0. The average Bonchev–Trinajstić information content (AvgIpc) is 2.83. The zero-order valence-corrected chi connectivity index (χ0v) is 12.6. The molecule has 0 aromatic heterocycles. The Hall–Kier alpha value is -0.280. The van der Waals surface area contributed by atoms with Gasteiger partial charge >= 0.3 is 0 Å². The second-order valence-electron chi connectivity index (χ2n) is 4.64. The van der Waals surface area contributed by atoms with Gasteiger partial charge in [0.25, 0.3) is 0 Å². The van der Waals surface area contributed by atoms with Crippen molar-refractivity contribution in [3.8, 4) is 0 Å². The maximum absolute atomic E-state index is 3.58. The van der Waals surface area contributed by atoms with Crippen LogP contribution in [0.4, 0.5) is 0 Å². The number of nitrogens with one attached hydrogen (secondary N) is 1. The molecule has 0 bridgehead atoms. The molecule has 0 aliphatic carbocycles. The summed E-state index contributed by atoms with van der Waals surface area (Å²) in [6, 6.07) is 11.1. The van der Waals surface area contributed by atoms with Gasteiger partial charge in [-0.3, -0.25) is 0 Å². The molecule has 1 aromatic rings. The molecule has 1 aromatic carbocycles. The van der Waals surface area contributed by atoms with E-state index in [2.05, 4.69) is 47.5 Å². The van der Waals surface area contributed by atoms with Gasteiger partial charge in [0.1, 0.15) is 0 Å². The average molecular weight is 291 g/mol. The first-order chi connectivity index (χ1) is 7.86. The van der Waals surface area contributed by atoms with Crippen LogP contribution in [0.25, 0.3) is 0 Å². The lowest BCUT2D eigenvalue weighted by atomic mass is 10.1. The Balaban J connectivity index is 0.00000144. The molecular weight excluding hydrogens is 267 g/mol. The third-order valence-electron chi connectivity index (χ3n) is 3.38. The van der Waals surface area contributed by atoms with Crippen molar-refractivity contribution in [3.63, 3.8) is 0 Å². The van der Waals surface area contributed by atoms with Crippen LogP contribution in [0.1, 0.15) is 31.4 Å². The summed E-state index contributed by atoms with van der Waals surface area (Å²) in [5.41, 5.74) is 1.38. The monoisotopic (exact) mass is 290 g/mol. The van der Waals surface area contributed by atoms with Crippen LogP contribution >= 0.6 is 24.8 Å². The zero-order chi connectivity index (χ0) is 11.2. The first-order valence-corrected chi connectivity index (χ1v) is 6.37. The molecule has 18 heavy (non-hydrogen) atoms. The van der Waals surface area contributed by atoms with Crippen molar-refractivity contribution in [1.82, 2.24) is 10.2 Å². The van der Waals surface area contributed by atoms with Crippen molar-refractivity contribution in [2.45, 2.75) is 25.8 Å². The third kappa shape index (κ3) is 5.57. The second-order valence-corrected chi connectivity index (χ2v) is 4.64. The Morgan fingerprint density at radius 2 is 1.72 bits per heavy atom. The van der Waals surface area contributed by atoms with Gasteiger partial charge in [0.05, 0.1) is 0 Å². The summed E-state index contributed by atoms with van der Waals surface area (Å²) in [5, 5.41) is 3.58. The van der Waals surface area contributed by atoms with Crippen LogP contribution < -0.4 is 5.32 Å². The molecular formula is C14H24Cl2N2. The number of likely N-dealkylation sites (tertiary alicyclic amines) is 1. The molecule has 1 atom stereocenters. The molecule has 1 unspecified atom stereocenters. The lowest BCUT2D eigenvalue weighted by Gasteiger charge is -2.18. The standard InChI is InChI=1S/C14H22N2.2ClH/c1-13(14-7-3-2-4-8-14)15-9-12-16-10-5-6-11-16;;/h2-4,7-8,13,15H,5-6,9-12H2,1H3;2*1H. The highest BCUT2D eigenvalue weighted by Crippen LogP contribution is 2.11. The van der Waals surface area contributed by atoms with Crippen molar-refractivity contribution in [2.24, 2.45) is 0 Å². The third-order valence-corrected chi connectivity index (χ3v) is 3.38. The molecule has 0 radical (unpaired) electrons. The summed E-state index contributed by atoms with van der Waals surface area (Å²) in [4.78, 5) is 2.55. The lowest BCUT2D eigenvalue weighted by molar-refractivity contribution is 0.330. The number of nitrogens with zero attached hydrogens (tertiary/aromatic N) is 1. The maximum atomic E-state index is 3.58. The molecule has 1 fully saturated rings. The van der Waals surface area contributed by atoms with Gasteiger partial charge in [-0.2, -0.15) is 0 Å². The fraction of sp³-hybridized carbons (Fsp3) is 0.571. The topological polar surface area (TPSA) is 15.3 Å². The second kappa shape index (κ2) is 9.62. The number of hydrogen-bond acceptors (Lipinski definition) is 2. The van der Waals surface area contributed by atoms with E-state index in [1.54, 1.807) is 0 Å². The molecule has 0 spiro atoms. The van der Waals surface area contributed by atoms with Crippen molar-refractivity contribution in [3.05, 3.63) is 35.9 Å². The van der Waals surface area contributed by atoms with Crippen molar-refractivity contribution >= 4 is 24.8 Å². The lowest BCUT2D eigenvalue weighted by Crippen LogP contribution is -2.31. The van der Waals surface area contributed by atoms with Crippen LogP contribution in [0, 0.1) is 0 Å². The van der Waals surface area contributed by atoms with Crippen LogP contribution in [0.15, 0.2) is 30.3 Å². The number of halogens is 2. The van der Waals surface area contributed by atoms with E-state index < -0.39 is 0 Å². The van der Waals surface area contributed by atoms with E-state index in [1.807, 2.05) is 0 Å². The van der Waals surface area contributed by atoms with Crippen LogP contribution in [0.2, 0.25) is 0 Å². The van der Waals surface area contributed by atoms with E-state index in [0.29, 0.717) is 6.04 Å². The Kier molecular flexibility index (Phi) is 9.47. The smallest absolute Gasteiger partial charge is 0.0292 e. The molecule has 0 saturated carbocycles. The van der Waals surface area contributed by atoms with Gasteiger partial charge < -0.3 is 10.2 Å². The highest BCUT2D eigenvalue weighted by Gasteiger charge is 2.11. The van der Waals surface area contributed by atoms with E-state index in [9.17, 15) is 0 Å². The van der Waals surface area contributed by atoms with E-state index >= 15 is 0 Å². The van der Waals surface area contributed by atoms with Crippen LogP contribution in [0.3, 0.4) is 0 Å². The van der Waals surface area contributed by atoms with Gasteiger partial charge in [-0.25, -0.2) is 0 Å². The number of rotatable bonds is 5. The van der Waals surface area contributed by atoms with E-state index in [4.69, 9.17) is 0 Å². The molecule has 1 saturated heterocycles. The molecule has 0 amide bonds. The van der Waals surface area contributed by atoms with Gasteiger partial charge in [0, 0.05) is 19.1 Å². The summed E-state index contributed by atoms with van der Waals surface area (Å²) in [6.45, 7) is 7.11. The van der Waals surface area contributed by atoms with Crippen LogP contribution in [0.5, 0.6) is 0 Å². The molecule has 104 valence electrons. The maximum Gasteiger partial charge on any atom is 0.0292 e. The molecule has 2 nitrogen and oxygen atoms in total. The van der Waals surface area contributed by atoms with E-state index in [1.165, 1.54) is 38.0 Å². The Bertz CT molecular complexity index is 300. The summed E-state index contributed by atoms with van der Waals surface area (Å²) in [5.74, 6) is 0. The number of benzene rings is 1. The van der Waals surface area contributed by atoms with Gasteiger partial charge in [-0.15, -0.1) is 24.8 Å². The van der Waals surface area contributed by atoms with Gasteiger partial charge in [-0.1, -0.05) is 30.3 Å². The molecule has 1 aliphatic rings. The van der Waals surface area contributed by atoms with Gasteiger partial charge in [0.15, 0.2) is 0 Å². The highest BCUT2D eigenvalue weighted by atomic mass is 35.5. The minimum absolute atomic E-state index is 0. The Labute approximate surface area is 123 Å². The van der Waals surface area contributed by atoms with Crippen LogP contribution in [-0.2, 0) is 0 Å². The first kappa shape index (κ1) is 17.7. The predicted molar refractivity (Wildman–Crippen MR) is 83.0 cm³/mol. The summed E-state index contributed by atoms with van der Waals surface area (Å²) in [7, 11) is 0. The molecule has 1 aliphatic heterocycles. The van der Waals surface area contributed by atoms with Crippen LogP contribution in [-0.4, -0.2) is 31.1 Å². The summed E-state index contributed by atoms with van der Waals surface area (Å²) >= 11 is 0. The predicted octanol–water partition coefficient (Wildman–Crippen LogP) is 3.28.